The third kappa shape index (κ3) is 2.74. The molecule has 3 aromatic rings. The topological polar surface area (TPSA) is 29.1 Å². The summed E-state index contributed by atoms with van der Waals surface area (Å²) >= 11 is 1.30. The number of anilines is 1. The molecule has 0 fully saturated rings. The predicted octanol–water partition coefficient (Wildman–Crippen LogP) is 5.42. The Hall–Kier alpha value is -2.20. The number of carbonyl (C=O) groups excluding carboxylic acids is 1. The van der Waals surface area contributed by atoms with Crippen LogP contribution in [0.5, 0.6) is 0 Å². The van der Waals surface area contributed by atoms with Crippen LogP contribution in [-0.4, -0.2) is 5.91 Å². The maximum Gasteiger partial charge on any atom is 0.265 e. The second-order valence-electron chi connectivity index (χ2n) is 5.46. The summed E-state index contributed by atoms with van der Waals surface area (Å²) in [5.41, 5.74) is 1.89. The summed E-state index contributed by atoms with van der Waals surface area (Å²) in [4.78, 5) is 13.0. The fraction of sp³-hybridized carbons (Fsp3) is 0.167. The van der Waals surface area contributed by atoms with Crippen LogP contribution in [0.3, 0.4) is 0 Å². The summed E-state index contributed by atoms with van der Waals surface area (Å²) in [5.74, 6) is -0.180. The first kappa shape index (κ1) is 14.7. The zero-order chi connectivity index (χ0) is 15.7. The average molecular weight is 313 g/mol. The Morgan fingerprint density at radius 2 is 1.91 bits per heavy atom. The molecule has 22 heavy (non-hydrogen) atoms. The van der Waals surface area contributed by atoms with Gasteiger partial charge in [-0.1, -0.05) is 38.1 Å². The molecule has 0 saturated heterocycles. The molecule has 0 unspecified atom stereocenters. The van der Waals surface area contributed by atoms with Crippen LogP contribution in [0.4, 0.5) is 10.1 Å². The molecule has 0 aliphatic rings. The van der Waals surface area contributed by atoms with Crippen LogP contribution in [0.2, 0.25) is 0 Å². The first-order chi connectivity index (χ1) is 10.6. The van der Waals surface area contributed by atoms with Crippen molar-refractivity contribution in [3.8, 4) is 0 Å². The zero-order valence-electron chi connectivity index (χ0n) is 12.4. The number of para-hydroxylation sites is 1. The molecular weight excluding hydrogens is 297 g/mol. The number of rotatable bonds is 3. The molecule has 2 nitrogen and oxygen atoms in total. The van der Waals surface area contributed by atoms with Crippen LogP contribution in [-0.2, 0) is 0 Å². The van der Waals surface area contributed by atoms with Crippen LogP contribution >= 0.6 is 11.3 Å². The van der Waals surface area contributed by atoms with E-state index >= 15 is 0 Å². The van der Waals surface area contributed by atoms with Gasteiger partial charge in [0.15, 0.2) is 0 Å². The molecule has 0 aliphatic carbocycles. The molecular formula is C18H16FNOS. The molecule has 0 bridgehead atoms. The molecule has 1 amide bonds. The lowest BCUT2D eigenvalue weighted by Crippen LogP contribution is -2.12. The minimum absolute atomic E-state index is 0.200. The van der Waals surface area contributed by atoms with E-state index in [0.29, 0.717) is 16.2 Å². The molecule has 0 saturated carbocycles. The standard InChI is InChI=1S/C18H16FNOS/c1-11(2)12-6-3-4-8-15(12)20-18(21)17-10-13-14(19)7-5-9-16(13)22-17/h3-11H,1-2H3,(H,20,21). The van der Waals surface area contributed by atoms with Crippen molar-refractivity contribution in [2.45, 2.75) is 19.8 Å². The first-order valence-corrected chi connectivity index (χ1v) is 7.96. The van der Waals surface area contributed by atoms with Crippen LogP contribution in [0.1, 0.15) is 35.0 Å². The Morgan fingerprint density at radius 3 is 2.64 bits per heavy atom. The summed E-state index contributed by atoms with van der Waals surface area (Å²) in [5, 5.41) is 3.43. The maximum atomic E-state index is 13.7. The van der Waals surface area contributed by atoms with Gasteiger partial charge >= 0.3 is 0 Å². The lowest BCUT2D eigenvalue weighted by atomic mass is 10.0. The van der Waals surface area contributed by atoms with E-state index in [1.165, 1.54) is 17.4 Å². The van der Waals surface area contributed by atoms with Gasteiger partial charge in [0.05, 0.1) is 4.88 Å². The highest BCUT2D eigenvalue weighted by Gasteiger charge is 2.14. The number of fused-ring (bicyclic) bond motifs is 1. The van der Waals surface area contributed by atoms with E-state index in [1.807, 2.05) is 30.3 Å². The van der Waals surface area contributed by atoms with Gasteiger partial charge in [-0.15, -0.1) is 11.3 Å². The van der Waals surface area contributed by atoms with E-state index < -0.39 is 0 Å². The fourth-order valence-electron chi connectivity index (χ4n) is 2.44. The van der Waals surface area contributed by atoms with E-state index in [-0.39, 0.29) is 11.7 Å². The van der Waals surface area contributed by atoms with Crippen molar-refractivity contribution in [2.24, 2.45) is 0 Å². The molecule has 0 atom stereocenters. The Bertz CT molecular complexity index is 838. The van der Waals surface area contributed by atoms with Crippen molar-refractivity contribution in [3.63, 3.8) is 0 Å². The quantitative estimate of drug-likeness (QED) is 0.687. The molecule has 4 heteroatoms. The van der Waals surface area contributed by atoms with Crippen molar-refractivity contribution in [2.75, 3.05) is 5.32 Å². The summed E-state index contributed by atoms with van der Waals surface area (Å²) in [6, 6.07) is 14.2. The Balaban J connectivity index is 1.92. The minimum Gasteiger partial charge on any atom is -0.321 e. The van der Waals surface area contributed by atoms with Crippen molar-refractivity contribution in [1.82, 2.24) is 0 Å². The fourth-order valence-corrected chi connectivity index (χ4v) is 3.41. The SMILES string of the molecule is CC(C)c1ccccc1NC(=O)c1cc2c(F)cccc2s1. The first-order valence-electron chi connectivity index (χ1n) is 7.14. The number of thiophene rings is 1. The van der Waals surface area contributed by atoms with Crippen molar-refractivity contribution >= 4 is 33.0 Å². The highest BCUT2D eigenvalue weighted by Crippen LogP contribution is 2.29. The number of benzene rings is 2. The van der Waals surface area contributed by atoms with E-state index in [4.69, 9.17) is 0 Å². The second kappa shape index (κ2) is 5.89. The van der Waals surface area contributed by atoms with Gasteiger partial charge in [0, 0.05) is 15.8 Å². The molecule has 3 rings (SSSR count). The minimum atomic E-state index is -0.296. The molecule has 0 spiro atoms. The number of carbonyl (C=O) groups is 1. The molecule has 1 N–H and O–H groups in total. The lowest BCUT2D eigenvalue weighted by Gasteiger charge is -2.12. The maximum absolute atomic E-state index is 13.7. The molecule has 0 radical (unpaired) electrons. The monoisotopic (exact) mass is 313 g/mol. The molecule has 2 aromatic carbocycles. The van der Waals surface area contributed by atoms with Gasteiger partial charge < -0.3 is 5.32 Å². The number of nitrogens with one attached hydrogen (secondary N) is 1. The van der Waals surface area contributed by atoms with E-state index in [9.17, 15) is 9.18 Å². The smallest absolute Gasteiger partial charge is 0.265 e. The summed E-state index contributed by atoms with van der Waals surface area (Å²) in [7, 11) is 0. The number of amides is 1. The van der Waals surface area contributed by atoms with E-state index in [0.717, 1.165) is 16.0 Å². The van der Waals surface area contributed by atoms with Gasteiger partial charge in [0.2, 0.25) is 0 Å². The third-order valence-electron chi connectivity index (χ3n) is 3.56. The zero-order valence-corrected chi connectivity index (χ0v) is 13.2. The number of hydrogen-bond acceptors (Lipinski definition) is 2. The lowest BCUT2D eigenvalue weighted by molar-refractivity contribution is 0.103. The second-order valence-corrected chi connectivity index (χ2v) is 6.54. The van der Waals surface area contributed by atoms with Crippen LogP contribution < -0.4 is 5.32 Å². The Kier molecular flexibility index (Phi) is 3.94. The molecule has 112 valence electrons. The van der Waals surface area contributed by atoms with Crippen LogP contribution in [0.25, 0.3) is 10.1 Å². The van der Waals surface area contributed by atoms with E-state index in [1.54, 1.807) is 12.1 Å². The van der Waals surface area contributed by atoms with Gasteiger partial charge in [0.25, 0.3) is 5.91 Å². The summed E-state index contributed by atoms with van der Waals surface area (Å²) < 4.78 is 14.5. The summed E-state index contributed by atoms with van der Waals surface area (Å²) in [6.07, 6.45) is 0. The number of halogens is 1. The third-order valence-corrected chi connectivity index (χ3v) is 4.66. The normalized spacial score (nSPS) is 11.1. The van der Waals surface area contributed by atoms with Crippen molar-refractivity contribution in [1.29, 1.82) is 0 Å². The highest BCUT2D eigenvalue weighted by atomic mass is 32.1. The van der Waals surface area contributed by atoms with E-state index in [2.05, 4.69) is 19.2 Å². The molecule has 1 aromatic heterocycles. The number of hydrogen-bond donors (Lipinski definition) is 1. The Morgan fingerprint density at radius 1 is 1.14 bits per heavy atom. The largest absolute Gasteiger partial charge is 0.321 e. The van der Waals surface area contributed by atoms with Gasteiger partial charge in [-0.25, -0.2) is 4.39 Å². The van der Waals surface area contributed by atoms with Gasteiger partial charge in [-0.3, -0.25) is 4.79 Å². The van der Waals surface area contributed by atoms with Crippen LogP contribution in [0.15, 0.2) is 48.5 Å². The van der Waals surface area contributed by atoms with Gasteiger partial charge in [0.1, 0.15) is 5.82 Å². The van der Waals surface area contributed by atoms with Gasteiger partial charge in [-0.05, 0) is 35.7 Å². The predicted molar refractivity (Wildman–Crippen MR) is 90.3 cm³/mol. The van der Waals surface area contributed by atoms with Crippen LogP contribution in [0, 0.1) is 5.82 Å². The Labute approximate surface area is 132 Å². The molecule has 0 aliphatic heterocycles. The average Bonchev–Trinajstić information content (AvgIpc) is 2.93. The molecule has 1 heterocycles. The highest BCUT2D eigenvalue weighted by molar-refractivity contribution is 7.20. The van der Waals surface area contributed by atoms with Crippen molar-refractivity contribution in [3.05, 3.63) is 64.8 Å². The van der Waals surface area contributed by atoms with Gasteiger partial charge in [-0.2, -0.15) is 0 Å². The summed E-state index contributed by atoms with van der Waals surface area (Å²) in [6.45, 7) is 4.17. The van der Waals surface area contributed by atoms with Crippen molar-refractivity contribution < 1.29 is 9.18 Å².